The first kappa shape index (κ1) is 11.6. The van der Waals surface area contributed by atoms with Crippen molar-refractivity contribution in [2.24, 2.45) is 0 Å². The number of aromatic nitrogens is 3. The molecule has 0 aromatic carbocycles. The van der Waals surface area contributed by atoms with Gasteiger partial charge < -0.3 is 10.7 Å². The van der Waals surface area contributed by atoms with E-state index < -0.39 is 0 Å². The molecule has 19 heavy (non-hydrogen) atoms. The molecule has 0 unspecified atom stereocenters. The Labute approximate surface area is 114 Å². The number of rotatable bonds is 2. The van der Waals surface area contributed by atoms with Crippen molar-refractivity contribution in [3.63, 3.8) is 0 Å². The Balaban J connectivity index is 1.59. The minimum atomic E-state index is 0.504. The van der Waals surface area contributed by atoms with Gasteiger partial charge in [0, 0.05) is 24.6 Å². The summed E-state index contributed by atoms with van der Waals surface area (Å²) < 4.78 is 0. The number of nitrogens with one attached hydrogen (secondary N) is 3. The van der Waals surface area contributed by atoms with E-state index in [1.54, 1.807) is 0 Å². The van der Waals surface area contributed by atoms with Crippen LogP contribution in [0.3, 0.4) is 0 Å². The maximum absolute atomic E-state index is 5.51. The zero-order valence-corrected chi connectivity index (χ0v) is 10.8. The molecular weight excluding hydrogens is 260 g/mol. The molecular formula is C12H12N6S. The smallest absolute Gasteiger partial charge is 0.203 e. The van der Waals surface area contributed by atoms with Crippen molar-refractivity contribution in [3.8, 4) is 11.8 Å². The van der Waals surface area contributed by atoms with E-state index in [1.807, 2.05) is 18.3 Å². The zero-order chi connectivity index (χ0) is 13.1. The molecule has 7 heteroatoms. The van der Waals surface area contributed by atoms with Gasteiger partial charge in [-0.2, -0.15) is 0 Å². The van der Waals surface area contributed by atoms with Gasteiger partial charge in [0.2, 0.25) is 5.13 Å². The molecule has 1 aliphatic rings. The van der Waals surface area contributed by atoms with E-state index in [0.717, 1.165) is 34.9 Å². The van der Waals surface area contributed by atoms with Crippen LogP contribution in [0.4, 0.5) is 10.9 Å². The molecule has 96 valence electrons. The number of aryl methyl sites for hydroxylation is 1. The molecule has 0 spiro atoms. The average Bonchev–Trinajstić information content (AvgIpc) is 3.03. The fourth-order valence-electron chi connectivity index (χ4n) is 1.69. The number of aromatic amines is 1. The highest BCUT2D eigenvalue weighted by Crippen LogP contribution is 2.18. The van der Waals surface area contributed by atoms with Crippen LogP contribution in [-0.4, -0.2) is 15.2 Å². The lowest BCUT2D eigenvalue weighted by molar-refractivity contribution is 0.940. The Morgan fingerprint density at radius 3 is 3.11 bits per heavy atom. The molecule has 0 amide bonds. The van der Waals surface area contributed by atoms with Gasteiger partial charge in [0.1, 0.15) is 16.5 Å². The SMILES string of the molecule is Nc1nnc(CCC#CC2=Cc3cc[nH]c3NN2)s1. The largest absolute Gasteiger partial charge is 0.374 e. The molecule has 0 atom stereocenters. The topological polar surface area (TPSA) is 91.7 Å². The molecule has 3 rings (SSSR count). The Bertz CT molecular complexity index is 672. The highest BCUT2D eigenvalue weighted by atomic mass is 32.1. The molecule has 3 heterocycles. The number of nitrogens with two attached hydrogens (primary N) is 1. The van der Waals surface area contributed by atoms with Crippen molar-refractivity contribution in [2.45, 2.75) is 12.8 Å². The molecule has 2 aromatic heterocycles. The highest BCUT2D eigenvalue weighted by molar-refractivity contribution is 7.15. The predicted molar refractivity (Wildman–Crippen MR) is 75.9 cm³/mol. The minimum absolute atomic E-state index is 0.504. The normalized spacial score (nSPS) is 12.5. The first-order chi connectivity index (χ1) is 9.31. The van der Waals surface area contributed by atoms with Crippen LogP contribution in [0, 0.1) is 11.8 Å². The van der Waals surface area contributed by atoms with Crippen LogP contribution in [0.1, 0.15) is 17.0 Å². The molecule has 0 fully saturated rings. The number of hydrogen-bond acceptors (Lipinski definition) is 6. The maximum atomic E-state index is 5.51. The van der Waals surface area contributed by atoms with Crippen molar-refractivity contribution in [2.75, 3.05) is 11.2 Å². The quantitative estimate of drug-likeness (QED) is 0.620. The molecule has 5 N–H and O–H groups in total. The summed E-state index contributed by atoms with van der Waals surface area (Å²) in [6.07, 6.45) is 5.38. The van der Waals surface area contributed by atoms with E-state index in [1.165, 1.54) is 11.3 Å². The second kappa shape index (κ2) is 5.04. The number of anilines is 2. The number of hydrazine groups is 1. The number of nitrogen functional groups attached to an aromatic ring is 1. The van der Waals surface area contributed by atoms with E-state index in [-0.39, 0.29) is 0 Å². The molecule has 0 aliphatic carbocycles. The van der Waals surface area contributed by atoms with Gasteiger partial charge in [-0.05, 0) is 18.1 Å². The van der Waals surface area contributed by atoms with Crippen LogP contribution in [0.25, 0.3) is 6.08 Å². The third-order valence-electron chi connectivity index (χ3n) is 2.57. The minimum Gasteiger partial charge on any atom is -0.374 e. The first-order valence-electron chi connectivity index (χ1n) is 5.79. The molecule has 0 bridgehead atoms. The number of allylic oxidation sites excluding steroid dienone is 1. The van der Waals surface area contributed by atoms with E-state index in [9.17, 15) is 0 Å². The molecule has 1 aliphatic heterocycles. The van der Waals surface area contributed by atoms with Gasteiger partial charge in [-0.15, -0.1) is 10.2 Å². The number of nitrogens with zero attached hydrogens (tertiary/aromatic N) is 2. The summed E-state index contributed by atoms with van der Waals surface area (Å²) in [5.41, 5.74) is 13.5. The second-order valence-corrected chi connectivity index (χ2v) is 5.05. The van der Waals surface area contributed by atoms with Crippen molar-refractivity contribution in [3.05, 3.63) is 28.5 Å². The van der Waals surface area contributed by atoms with Crippen molar-refractivity contribution in [1.82, 2.24) is 20.6 Å². The fraction of sp³-hybridized carbons (Fsp3) is 0.167. The lowest BCUT2D eigenvalue weighted by atomic mass is 10.2. The number of hydrogen-bond donors (Lipinski definition) is 4. The lowest BCUT2D eigenvalue weighted by Gasteiger charge is -2.13. The van der Waals surface area contributed by atoms with Gasteiger partial charge in [0.15, 0.2) is 0 Å². The molecule has 0 saturated carbocycles. The maximum Gasteiger partial charge on any atom is 0.203 e. The Kier molecular flexibility index (Phi) is 3.08. The number of H-pyrrole nitrogens is 1. The third-order valence-corrected chi connectivity index (χ3v) is 3.38. The summed E-state index contributed by atoms with van der Waals surface area (Å²) >= 11 is 1.41. The lowest BCUT2D eigenvalue weighted by Crippen LogP contribution is -2.23. The van der Waals surface area contributed by atoms with E-state index in [2.05, 4.69) is 37.9 Å². The first-order valence-corrected chi connectivity index (χ1v) is 6.61. The van der Waals surface area contributed by atoms with Crippen LogP contribution < -0.4 is 16.6 Å². The third kappa shape index (κ3) is 2.69. The Morgan fingerprint density at radius 1 is 1.32 bits per heavy atom. The predicted octanol–water partition coefficient (Wildman–Crippen LogP) is 1.36. The Morgan fingerprint density at radius 2 is 2.26 bits per heavy atom. The van der Waals surface area contributed by atoms with Gasteiger partial charge >= 0.3 is 0 Å². The van der Waals surface area contributed by atoms with Crippen molar-refractivity contribution in [1.29, 1.82) is 0 Å². The highest BCUT2D eigenvalue weighted by Gasteiger charge is 2.07. The molecule has 2 aromatic rings. The molecule has 0 saturated heterocycles. The van der Waals surface area contributed by atoms with Gasteiger partial charge in [0.05, 0.1) is 0 Å². The van der Waals surface area contributed by atoms with Gasteiger partial charge in [-0.1, -0.05) is 17.3 Å². The monoisotopic (exact) mass is 272 g/mol. The zero-order valence-electron chi connectivity index (χ0n) is 10.0. The summed E-state index contributed by atoms with van der Waals surface area (Å²) in [5.74, 6) is 7.13. The second-order valence-electron chi connectivity index (χ2n) is 3.95. The summed E-state index contributed by atoms with van der Waals surface area (Å²) in [5, 5.41) is 9.14. The van der Waals surface area contributed by atoms with E-state index >= 15 is 0 Å². The summed E-state index contributed by atoms with van der Waals surface area (Å²) in [6, 6.07) is 1.99. The standard InChI is InChI=1S/C12H12N6S/c13-12-18-16-10(19-12)4-2-1-3-9-7-8-5-6-14-11(8)17-15-9/h5-7,14-15,17H,2,4H2,(H2,13,18). The average molecular weight is 272 g/mol. The van der Waals surface area contributed by atoms with Crippen LogP contribution >= 0.6 is 11.3 Å². The van der Waals surface area contributed by atoms with Crippen LogP contribution in [-0.2, 0) is 6.42 Å². The fourth-order valence-corrected chi connectivity index (χ4v) is 2.30. The number of fused-ring (bicyclic) bond motifs is 1. The van der Waals surface area contributed by atoms with Crippen molar-refractivity contribution >= 4 is 28.4 Å². The summed E-state index contributed by atoms with van der Waals surface area (Å²) in [6.45, 7) is 0. The molecule has 0 radical (unpaired) electrons. The van der Waals surface area contributed by atoms with Crippen LogP contribution in [0.2, 0.25) is 0 Å². The van der Waals surface area contributed by atoms with Gasteiger partial charge in [-0.3, -0.25) is 10.9 Å². The summed E-state index contributed by atoms with van der Waals surface area (Å²) in [7, 11) is 0. The van der Waals surface area contributed by atoms with Crippen LogP contribution in [0.15, 0.2) is 18.0 Å². The summed E-state index contributed by atoms with van der Waals surface area (Å²) in [4.78, 5) is 3.08. The van der Waals surface area contributed by atoms with Crippen molar-refractivity contribution < 1.29 is 0 Å². The van der Waals surface area contributed by atoms with Crippen LogP contribution in [0.5, 0.6) is 0 Å². The van der Waals surface area contributed by atoms with E-state index in [4.69, 9.17) is 5.73 Å². The van der Waals surface area contributed by atoms with E-state index in [0.29, 0.717) is 5.13 Å². The molecule has 6 nitrogen and oxygen atoms in total. The van der Waals surface area contributed by atoms with Gasteiger partial charge in [-0.25, -0.2) is 0 Å². The Hall–Kier alpha value is -2.46. The van der Waals surface area contributed by atoms with Gasteiger partial charge in [0.25, 0.3) is 0 Å².